The molecule has 3 amide bonds. The largest absolute Gasteiger partial charge is 0.355 e. The Labute approximate surface area is 179 Å². The Hall–Kier alpha value is -3.94. The van der Waals surface area contributed by atoms with Gasteiger partial charge in [0.05, 0.1) is 19.0 Å². The monoisotopic (exact) mass is 418 g/mol. The molecule has 0 spiro atoms. The van der Waals surface area contributed by atoms with E-state index in [1.165, 1.54) is 6.07 Å². The molecule has 2 heterocycles. The summed E-state index contributed by atoms with van der Waals surface area (Å²) in [6.45, 7) is 0.525. The Bertz CT molecular complexity index is 1070. The summed E-state index contributed by atoms with van der Waals surface area (Å²) in [6.07, 6.45) is 0.174. The van der Waals surface area contributed by atoms with Crippen molar-refractivity contribution in [1.82, 2.24) is 20.7 Å². The standard InChI is InChI=1S/C23H22N4O4/c28-21-14-19(16-7-3-1-4-8-16)27(12-11-24-21)22(29)15-25-23(30)18-13-20(31-26-18)17-9-5-2-6-10-17/h1-10,13,19H,11-12,14-15H2,(H,24,28)(H,25,30). The molecule has 1 aliphatic heterocycles. The number of benzene rings is 2. The van der Waals surface area contributed by atoms with Gasteiger partial charge >= 0.3 is 0 Å². The highest BCUT2D eigenvalue weighted by Gasteiger charge is 2.30. The molecule has 31 heavy (non-hydrogen) atoms. The van der Waals surface area contributed by atoms with E-state index in [-0.39, 0.29) is 36.5 Å². The third-order valence-corrected chi connectivity index (χ3v) is 5.14. The number of carbonyl (C=O) groups excluding carboxylic acids is 3. The quantitative estimate of drug-likeness (QED) is 0.661. The fraction of sp³-hybridized carbons (Fsp3) is 0.217. The second-order valence-corrected chi connectivity index (χ2v) is 7.19. The lowest BCUT2D eigenvalue weighted by Gasteiger charge is -2.29. The molecular weight excluding hydrogens is 396 g/mol. The van der Waals surface area contributed by atoms with Crippen molar-refractivity contribution in [2.24, 2.45) is 0 Å². The van der Waals surface area contributed by atoms with Gasteiger partial charge in [0, 0.05) is 24.7 Å². The van der Waals surface area contributed by atoms with Crippen LogP contribution in [0.1, 0.15) is 28.5 Å². The Morgan fingerprint density at radius 2 is 1.81 bits per heavy atom. The van der Waals surface area contributed by atoms with Crippen LogP contribution in [-0.4, -0.2) is 47.4 Å². The van der Waals surface area contributed by atoms with Crippen molar-refractivity contribution in [1.29, 1.82) is 0 Å². The summed E-state index contributed by atoms with van der Waals surface area (Å²) in [5, 5.41) is 9.21. The fourth-order valence-electron chi connectivity index (χ4n) is 3.57. The van der Waals surface area contributed by atoms with Crippen LogP contribution in [-0.2, 0) is 9.59 Å². The first-order chi connectivity index (χ1) is 15.1. The average Bonchev–Trinajstić information content (AvgIpc) is 3.22. The maximum atomic E-state index is 12.9. The topological polar surface area (TPSA) is 105 Å². The van der Waals surface area contributed by atoms with E-state index in [0.29, 0.717) is 18.8 Å². The Kier molecular flexibility index (Phi) is 6.07. The predicted molar refractivity (Wildman–Crippen MR) is 113 cm³/mol. The number of amides is 3. The number of nitrogens with one attached hydrogen (secondary N) is 2. The summed E-state index contributed by atoms with van der Waals surface area (Å²) in [5.41, 5.74) is 1.78. The number of hydrogen-bond donors (Lipinski definition) is 2. The summed E-state index contributed by atoms with van der Waals surface area (Å²) in [6, 6.07) is 19.9. The molecule has 0 bridgehead atoms. The summed E-state index contributed by atoms with van der Waals surface area (Å²) in [7, 11) is 0. The minimum Gasteiger partial charge on any atom is -0.355 e. The number of nitrogens with zero attached hydrogens (tertiary/aromatic N) is 2. The first-order valence-corrected chi connectivity index (χ1v) is 10.0. The van der Waals surface area contributed by atoms with Gasteiger partial charge in [-0.3, -0.25) is 14.4 Å². The maximum Gasteiger partial charge on any atom is 0.273 e. The van der Waals surface area contributed by atoms with Gasteiger partial charge in [0.2, 0.25) is 11.8 Å². The minimum atomic E-state index is -0.500. The van der Waals surface area contributed by atoms with Crippen LogP contribution in [0.5, 0.6) is 0 Å². The molecule has 8 heteroatoms. The van der Waals surface area contributed by atoms with E-state index in [0.717, 1.165) is 11.1 Å². The van der Waals surface area contributed by atoms with Crippen LogP contribution < -0.4 is 10.6 Å². The minimum absolute atomic E-state index is 0.0963. The molecule has 1 aromatic heterocycles. The summed E-state index contributed by atoms with van der Waals surface area (Å²) >= 11 is 0. The number of hydrogen-bond acceptors (Lipinski definition) is 5. The van der Waals surface area contributed by atoms with Crippen LogP contribution in [0.25, 0.3) is 11.3 Å². The van der Waals surface area contributed by atoms with Crippen LogP contribution in [0.2, 0.25) is 0 Å². The molecule has 1 fully saturated rings. The lowest BCUT2D eigenvalue weighted by Crippen LogP contribution is -2.43. The van der Waals surface area contributed by atoms with Crippen molar-refractivity contribution < 1.29 is 18.9 Å². The molecular formula is C23H22N4O4. The maximum absolute atomic E-state index is 12.9. The molecule has 1 unspecified atom stereocenters. The molecule has 1 saturated heterocycles. The normalized spacial score (nSPS) is 16.3. The van der Waals surface area contributed by atoms with Crippen molar-refractivity contribution in [3.8, 4) is 11.3 Å². The molecule has 0 radical (unpaired) electrons. The molecule has 3 aromatic rings. The Morgan fingerprint density at radius 3 is 2.55 bits per heavy atom. The second kappa shape index (κ2) is 9.25. The van der Waals surface area contributed by atoms with Crippen LogP contribution in [0, 0.1) is 0 Å². The summed E-state index contributed by atoms with van der Waals surface area (Å²) in [5.74, 6) is -0.410. The van der Waals surface area contributed by atoms with Crippen molar-refractivity contribution in [2.75, 3.05) is 19.6 Å². The number of carbonyl (C=O) groups is 3. The van der Waals surface area contributed by atoms with Gasteiger partial charge < -0.3 is 20.1 Å². The summed E-state index contributed by atoms with van der Waals surface area (Å²) in [4.78, 5) is 39.1. The average molecular weight is 418 g/mol. The second-order valence-electron chi connectivity index (χ2n) is 7.19. The first kappa shape index (κ1) is 20.3. The molecule has 1 aliphatic rings. The van der Waals surface area contributed by atoms with Crippen molar-refractivity contribution in [2.45, 2.75) is 12.5 Å². The molecule has 2 aromatic carbocycles. The van der Waals surface area contributed by atoms with Crippen LogP contribution >= 0.6 is 0 Å². The van der Waals surface area contributed by atoms with E-state index >= 15 is 0 Å². The SMILES string of the molecule is O=C1CC(c2ccccc2)N(C(=O)CNC(=O)c2cc(-c3ccccc3)on2)CCN1. The molecule has 1 atom stereocenters. The van der Waals surface area contributed by atoms with E-state index < -0.39 is 5.91 Å². The molecule has 4 rings (SSSR count). The Balaban J connectivity index is 1.43. The predicted octanol–water partition coefficient (Wildman–Crippen LogP) is 2.16. The zero-order valence-corrected chi connectivity index (χ0v) is 16.8. The van der Waals surface area contributed by atoms with Crippen molar-refractivity contribution in [3.63, 3.8) is 0 Å². The van der Waals surface area contributed by atoms with E-state index in [4.69, 9.17) is 4.52 Å². The molecule has 0 aliphatic carbocycles. The van der Waals surface area contributed by atoms with Gasteiger partial charge in [0.15, 0.2) is 11.5 Å². The number of aromatic nitrogens is 1. The molecule has 0 saturated carbocycles. The lowest BCUT2D eigenvalue weighted by molar-refractivity contribution is -0.132. The van der Waals surface area contributed by atoms with Crippen molar-refractivity contribution >= 4 is 17.7 Å². The highest BCUT2D eigenvalue weighted by molar-refractivity contribution is 5.95. The first-order valence-electron chi connectivity index (χ1n) is 10.0. The summed E-state index contributed by atoms with van der Waals surface area (Å²) < 4.78 is 5.25. The highest BCUT2D eigenvalue weighted by atomic mass is 16.5. The van der Waals surface area contributed by atoms with Gasteiger partial charge in [-0.1, -0.05) is 65.8 Å². The van der Waals surface area contributed by atoms with E-state index in [1.54, 1.807) is 4.90 Å². The zero-order chi connectivity index (χ0) is 21.6. The van der Waals surface area contributed by atoms with Gasteiger partial charge in [-0.25, -0.2) is 0 Å². The highest BCUT2D eigenvalue weighted by Crippen LogP contribution is 2.25. The van der Waals surface area contributed by atoms with Crippen molar-refractivity contribution in [3.05, 3.63) is 78.0 Å². The van der Waals surface area contributed by atoms with Gasteiger partial charge in [-0.15, -0.1) is 0 Å². The van der Waals surface area contributed by atoms with Crippen LogP contribution in [0.4, 0.5) is 0 Å². The van der Waals surface area contributed by atoms with E-state index in [9.17, 15) is 14.4 Å². The lowest BCUT2D eigenvalue weighted by atomic mass is 10.0. The third-order valence-electron chi connectivity index (χ3n) is 5.14. The van der Waals surface area contributed by atoms with Crippen LogP contribution in [0.15, 0.2) is 71.3 Å². The van der Waals surface area contributed by atoms with Gasteiger partial charge in [-0.2, -0.15) is 0 Å². The van der Waals surface area contributed by atoms with E-state index in [1.807, 2.05) is 60.7 Å². The number of rotatable bonds is 5. The van der Waals surface area contributed by atoms with Gasteiger partial charge in [0.1, 0.15) is 0 Å². The van der Waals surface area contributed by atoms with Gasteiger partial charge in [-0.05, 0) is 5.56 Å². The zero-order valence-electron chi connectivity index (χ0n) is 16.8. The smallest absolute Gasteiger partial charge is 0.273 e. The van der Waals surface area contributed by atoms with Crippen LogP contribution in [0.3, 0.4) is 0 Å². The fourth-order valence-corrected chi connectivity index (χ4v) is 3.57. The third kappa shape index (κ3) is 4.80. The van der Waals surface area contributed by atoms with Gasteiger partial charge in [0.25, 0.3) is 5.91 Å². The Morgan fingerprint density at radius 1 is 1.10 bits per heavy atom. The molecule has 8 nitrogen and oxygen atoms in total. The molecule has 158 valence electrons. The molecule has 2 N–H and O–H groups in total. The van der Waals surface area contributed by atoms with E-state index in [2.05, 4.69) is 15.8 Å².